The molecule has 5 heteroatoms. The molecule has 2 aromatic heterocycles. The molecule has 4 rings (SSSR count). The zero-order valence-corrected chi connectivity index (χ0v) is 14.2. The molecular formula is C20H21N5. The molecule has 5 nitrogen and oxygen atoms in total. The largest absolute Gasteiger partial charge is 0.366 e. The summed E-state index contributed by atoms with van der Waals surface area (Å²) in [5, 5.41) is 6.83. The van der Waals surface area contributed by atoms with Gasteiger partial charge in [0.15, 0.2) is 0 Å². The minimum Gasteiger partial charge on any atom is -0.366 e. The highest BCUT2D eigenvalue weighted by Gasteiger charge is 2.22. The number of rotatable bonds is 6. The zero-order chi connectivity index (χ0) is 17.1. The van der Waals surface area contributed by atoms with Gasteiger partial charge in [-0.1, -0.05) is 24.3 Å². The lowest BCUT2D eigenvalue weighted by atomic mass is 10.1. The molecular weight excluding hydrogens is 310 g/mol. The molecule has 0 bridgehead atoms. The Morgan fingerprint density at radius 2 is 1.96 bits per heavy atom. The monoisotopic (exact) mass is 331 g/mol. The highest BCUT2D eigenvalue weighted by Crippen LogP contribution is 2.26. The van der Waals surface area contributed by atoms with Crippen molar-refractivity contribution in [1.29, 1.82) is 0 Å². The predicted octanol–water partition coefficient (Wildman–Crippen LogP) is 4.03. The number of nitrogens with one attached hydrogen (secondary N) is 2. The summed E-state index contributed by atoms with van der Waals surface area (Å²) in [7, 11) is 0. The van der Waals surface area contributed by atoms with Crippen LogP contribution in [0.1, 0.15) is 24.0 Å². The number of aryl methyl sites for hydroxylation is 1. The molecule has 1 fully saturated rings. The topological polar surface area (TPSA) is 62.7 Å². The van der Waals surface area contributed by atoms with E-state index in [-0.39, 0.29) is 0 Å². The van der Waals surface area contributed by atoms with Gasteiger partial charge in [0.25, 0.3) is 0 Å². The first-order chi connectivity index (χ1) is 12.3. The summed E-state index contributed by atoms with van der Waals surface area (Å²) in [6, 6.07) is 14.8. The maximum atomic E-state index is 4.65. The molecule has 0 saturated heterocycles. The van der Waals surface area contributed by atoms with Crippen molar-refractivity contribution in [2.75, 3.05) is 10.6 Å². The van der Waals surface area contributed by atoms with Crippen LogP contribution in [-0.4, -0.2) is 21.0 Å². The lowest BCUT2D eigenvalue weighted by Crippen LogP contribution is -2.09. The molecule has 25 heavy (non-hydrogen) atoms. The van der Waals surface area contributed by atoms with Crippen molar-refractivity contribution in [2.24, 2.45) is 0 Å². The van der Waals surface area contributed by atoms with Gasteiger partial charge in [-0.15, -0.1) is 0 Å². The smallest absolute Gasteiger partial charge is 0.225 e. The highest BCUT2D eigenvalue weighted by molar-refractivity contribution is 5.63. The molecule has 0 amide bonds. The average Bonchev–Trinajstić information content (AvgIpc) is 3.46. The summed E-state index contributed by atoms with van der Waals surface area (Å²) < 4.78 is 0. The molecule has 0 atom stereocenters. The molecule has 1 saturated carbocycles. The van der Waals surface area contributed by atoms with E-state index in [9.17, 15) is 0 Å². The van der Waals surface area contributed by atoms with Crippen LogP contribution in [0, 0.1) is 6.92 Å². The van der Waals surface area contributed by atoms with Crippen molar-refractivity contribution in [3.8, 4) is 11.3 Å². The van der Waals surface area contributed by atoms with Crippen LogP contribution in [0.2, 0.25) is 0 Å². The fraction of sp³-hybridized carbons (Fsp3) is 0.250. The number of hydrogen-bond donors (Lipinski definition) is 2. The quantitative estimate of drug-likeness (QED) is 0.714. The second-order valence-electron chi connectivity index (χ2n) is 6.40. The van der Waals surface area contributed by atoms with Gasteiger partial charge in [-0.25, -0.2) is 4.98 Å². The summed E-state index contributed by atoms with van der Waals surface area (Å²) in [5.74, 6) is 1.50. The van der Waals surface area contributed by atoms with Crippen molar-refractivity contribution in [1.82, 2.24) is 15.0 Å². The van der Waals surface area contributed by atoms with Gasteiger partial charge in [-0.3, -0.25) is 4.98 Å². The van der Waals surface area contributed by atoms with Crippen LogP contribution < -0.4 is 10.6 Å². The van der Waals surface area contributed by atoms with Crippen LogP contribution in [0.25, 0.3) is 11.3 Å². The van der Waals surface area contributed by atoms with E-state index in [1.165, 1.54) is 24.0 Å². The van der Waals surface area contributed by atoms with Gasteiger partial charge in [-0.05, 0) is 43.0 Å². The Morgan fingerprint density at radius 3 is 2.72 bits per heavy atom. The standard InChI is InChI=1S/C20H21N5/c1-14-5-2-3-6-15(14)13-22-19-11-18(16-7-4-10-21-12-16)24-20(25-19)23-17-8-9-17/h2-7,10-12,17H,8-9,13H2,1H3,(H2,22,23,24,25). The molecule has 2 N–H and O–H groups in total. The van der Waals surface area contributed by atoms with Gasteiger partial charge in [0.05, 0.1) is 5.69 Å². The Kier molecular flexibility index (Phi) is 4.29. The van der Waals surface area contributed by atoms with Crippen molar-refractivity contribution >= 4 is 11.8 Å². The lowest BCUT2D eigenvalue weighted by Gasteiger charge is -2.12. The van der Waals surface area contributed by atoms with Crippen LogP contribution in [0.3, 0.4) is 0 Å². The lowest BCUT2D eigenvalue weighted by molar-refractivity contribution is 1.03. The fourth-order valence-corrected chi connectivity index (χ4v) is 2.67. The van der Waals surface area contributed by atoms with E-state index in [4.69, 9.17) is 0 Å². The second-order valence-corrected chi connectivity index (χ2v) is 6.40. The van der Waals surface area contributed by atoms with Crippen molar-refractivity contribution in [3.63, 3.8) is 0 Å². The van der Waals surface area contributed by atoms with E-state index < -0.39 is 0 Å². The van der Waals surface area contributed by atoms with E-state index in [1.807, 2.05) is 24.4 Å². The summed E-state index contributed by atoms with van der Waals surface area (Å²) in [6.45, 7) is 2.86. The molecule has 0 spiro atoms. The summed E-state index contributed by atoms with van der Waals surface area (Å²) in [5.41, 5.74) is 4.40. The number of anilines is 2. The van der Waals surface area contributed by atoms with Crippen LogP contribution in [0.5, 0.6) is 0 Å². The number of hydrogen-bond acceptors (Lipinski definition) is 5. The number of pyridine rings is 1. The Labute approximate surface area is 147 Å². The molecule has 126 valence electrons. The SMILES string of the molecule is Cc1ccccc1CNc1cc(-c2cccnc2)nc(NC2CC2)n1. The van der Waals surface area contributed by atoms with Gasteiger partial charge in [0.2, 0.25) is 5.95 Å². The third kappa shape index (κ3) is 3.94. The van der Waals surface area contributed by atoms with Gasteiger partial charge < -0.3 is 10.6 Å². The van der Waals surface area contributed by atoms with Gasteiger partial charge >= 0.3 is 0 Å². The third-order valence-electron chi connectivity index (χ3n) is 4.32. The zero-order valence-electron chi connectivity index (χ0n) is 14.2. The van der Waals surface area contributed by atoms with Crippen molar-refractivity contribution < 1.29 is 0 Å². The maximum Gasteiger partial charge on any atom is 0.225 e. The predicted molar refractivity (Wildman–Crippen MR) is 100 cm³/mol. The normalized spacial score (nSPS) is 13.5. The Morgan fingerprint density at radius 1 is 1.08 bits per heavy atom. The first kappa shape index (κ1) is 15.6. The Bertz CT molecular complexity index is 859. The van der Waals surface area contributed by atoms with Gasteiger partial charge in [0, 0.05) is 36.6 Å². The molecule has 1 aromatic carbocycles. The maximum absolute atomic E-state index is 4.65. The van der Waals surface area contributed by atoms with E-state index in [0.717, 1.165) is 23.6 Å². The highest BCUT2D eigenvalue weighted by atomic mass is 15.2. The average molecular weight is 331 g/mol. The third-order valence-corrected chi connectivity index (χ3v) is 4.32. The molecule has 2 heterocycles. The van der Waals surface area contributed by atoms with Crippen LogP contribution >= 0.6 is 0 Å². The first-order valence-electron chi connectivity index (χ1n) is 8.62. The van der Waals surface area contributed by atoms with E-state index in [0.29, 0.717) is 12.0 Å². The van der Waals surface area contributed by atoms with Crippen LogP contribution in [0.15, 0.2) is 54.9 Å². The number of benzene rings is 1. The minimum atomic E-state index is 0.508. The molecule has 3 aromatic rings. The molecule has 1 aliphatic carbocycles. The summed E-state index contributed by atoms with van der Waals surface area (Å²) >= 11 is 0. The van der Waals surface area contributed by atoms with Crippen molar-refractivity contribution in [3.05, 3.63) is 66.0 Å². The first-order valence-corrected chi connectivity index (χ1v) is 8.62. The van der Waals surface area contributed by atoms with Gasteiger partial charge in [-0.2, -0.15) is 4.98 Å². The number of nitrogens with zero attached hydrogens (tertiary/aromatic N) is 3. The van der Waals surface area contributed by atoms with E-state index in [2.05, 4.69) is 56.8 Å². The Hall–Kier alpha value is -2.95. The molecule has 0 unspecified atom stereocenters. The van der Waals surface area contributed by atoms with Crippen LogP contribution in [-0.2, 0) is 6.54 Å². The fourth-order valence-electron chi connectivity index (χ4n) is 2.67. The van der Waals surface area contributed by atoms with E-state index in [1.54, 1.807) is 6.20 Å². The molecule has 1 aliphatic rings. The van der Waals surface area contributed by atoms with Crippen molar-refractivity contribution in [2.45, 2.75) is 32.4 Å². The Balaban J connectivity index is 1.60. The van der Waals surface area contributed by atoms with E-state index >= 15 is 0 Å². The minimum absolute atomic E-state index is 0.508. The summed E-state index contributed by atoms with van der Waals surface area (Å²) in [6.07, 6.45) is 5.97. The van der Waals surface area contributed by atoms with Gasteiger partial charge in [0.1, 0.15) is 5.82 Å². The summed E-state index contributed by atoms with van der Waals surface area (Å²) in [4.78, 5) is 13.5. The second kappa shape index (κ2) is 6.89. The molecule has 0 aliphatic heterocycles. The number of aromatic nitrogens is 3. The van der Waals surface area contributed by atoms with Crippen LogP contribution in [0.4, 0.5) is 11.8 Å². The molecule has 0 radical (unpaired) electrons.